The standard InChI is InChI=1S/C20H24ClN3OS/c21-17-7-8-19(23-15-17)24-12-9-16(10-13-24)20(25)22-11-4-14-26-18-5-2-1-3-6-18/h1-3,5-8,15-16H,4,9-14H2,(H,22,25). The molecule has 0 saturated carbocycles. The van der Waals surface area contributed by atoms with Gasteiger partial charge in [0.1, 0.15) is 5.82 Å². The molecule has 2 aromatic rings. The number of rotatable bonds is 7. The monoisotopic (exact) mass is 389 g/mol. The molecule has 1 aromatic carbocycles. The predicted octanol–water partition coefficient (Wildman–Crippen LogP) is 4.25. The minimum absolute atomic E-state index is 0.111. The highest BCUT2D eigenvalue weighted by atomic mass is 35.5. The summed E-state index contributed by atoms with van der Waals surface area (Å²) in [4.78, 5) is 20.2. The quantitative estimate of drug-likeness (QED) is 0.568. The van der Waals surface area contributed by atoms with Gasteiger partial charge in [0.05, 0.1) is 5.02 Å². The maximum Gasteiger partial charge on any atom is 0.223 e. The molecule has 2 heterocycles. The number of hydrogen-bond donors (Lipinski definition) is 1. The highest BCUT2D eigenvalue weighted by Crippen LogP contribution is 2.23. The number of aromatic nitrogens is 1. The first kappa shape index (κ1) is 19.1. The van der Waals surface area contributed by atoms with Gasteiger partial charge in [-0.3, -0.25) is 4.79 Å². The molecule has 4 nitrogen and oxygen atoms in total. The molecular formula is C20H24ClN3OS. The third-order valence-corrected chi connectivity index (χ3v) is 5.86. The third kappa shape index (κ3) is 5.64. The molecule has 0 aliphatic carbocycles. The van der Waals surface area contributed by atoms with Gasteiger partial charge in [0.15, 0.2) is 0 Å². The summed E-state index contributed by atoms with van der Waals surface area (Å²) in [6.45, 7) is 2.46. The van der Waals surface area contributed by atoms with E-state index in [1.165, 1.54) is 4.90 Å². The van der Waals surface area contributed by atoms with Crippen LogP contribution in [0, 0.1) is 5.92 Å². The Balaban J connectivity index is 1.33. The molecule has 1 aromatic heterocycles. The van der Waals surface area contributed by atoms with Gasteiger partial charge in [-0.15, -0.1) is 11.8 Å². The molecule has 0 atom stereocenters. The van der Waals surface area contributed by atoms with Crippen molar-refractivity contribution in [1.82, 2.24) is 10.3 Å². The summed E-state index contributed by atoms with van der Waals surface area (Å²) in [7, 11) is 0. The number of benzene rings is 1. The maximum absolute atomic E-state index is 12.3. The van der Waals surface area contributed by atoms with Crippen LogP contribution in [-0.4, -0.2) is 36.3 Å². The molecule has 138 valence electrons. The minimum Gasteiger partial charge on any atom is -0.357 e. The largest absolute Gasteiger partial charge is 0.357 e. The lowest BCUT2D eigenvalue weighted by molar-refractivity contribution is -0.125. The van der Waals surface area contributed by atoms with E-state index < -0.39 is 0 Å². The average Bonchev–Trinajstić information content (AvgIpc) is 2.69. The molecule has 26 heavy (non-hydrogen) atoms. The van der Waals surface area contributed by atoms with Crippen LogP contribution in [0.4, 0.5) is 5.82 Å². The SMILES string of the molecule is O=C(NCCCSc1ccccc1)C1CCN(c2ccc(Cl)cn2)CC1. The molecule has 1 aliphatic heterocycles. The smallest absolute Gasteiger partial charge is 0.223 e. The van der Waals surface area contributed by atoms with Crippen molar-refractivity contribution in [2.45, 2.75) is 24.2 Å². The number of nitrogens with zero attached hydrogens (tertiary/aromatic N) is 2. The van der Waals surface area contributed by atoms with Gasteiger partial charge in [-0.05, 0) is 49.3 Å². The Bertz CT molecular complexity index is 688. The second-order valence-corrected chi connectivity index (χ2v) is 8.01. The number of piperidine rings is 1. The Kier molecular flexibility index (Phi) is 7.21. The lowest BCUT2D eigenvalue weighted by atomic mass is 9.96. The lowest BCUT2D eigenvalue weighted by Gasteiger charge is -2.32. The summed E-state index contributed by atoms with van der Waals surface area (Å²) in [5.74, 6) is 2.26. The van der Waals surface area contributed by atoms with Gasteiger partial charge in [0.25, 0.3) is 0 Å². The van der Waals surface area contributed by atoms with Crippen molar-refractivity contribution in [2.75, 3.05) is 30.3 Å². The van der Waals surface area contributed by atoms with Crippen LogP contribution in [-0.2, 0) is 4.79 Å². The van der Waals surface area contributed by atoms with E-state index in [4.69, 9.17) is 11.6 Å². The topological polar surface area (TPSA) is 45.2 Å². The number of thioether (sulfide) groups is 1. The van der Waals surface area contributed by atoms with Crippen LogP contribution >= 0.6 is 23.4 Å². The van der Waals surface area contributed by atoms with E-state index in [2.05, 4.69) is 39.5 Å². The number of nitrogens with one attached hydrogen (secondary N) is 1. The van der Waals surface area contributed by atoms with Crippen LogP contribution < -0.4 is 10.2 Å². The van der Waals surface area contributed by atoms with Crippen molar-refractivity contribution in [2.24, 2.45) is 5.92 Å². The van der Waals surface area contributed by atoms with Crippen molar-refractivity contribution in [3.63, 3.8) is 0 Å². The Morgan fingerprint density at radius 2 is 1.96 bits per heavy atom. The molecule has 6 heteroatoms. The van der Waals surface area contributed by atoms with E-state index in [-0.39, 0.29) is 11.8 Å². The first-order valence-corrected chi connectivity index (χ1v) is 10.4. The van der Waals surface area contributed by atoms with Crippen LogP contribution in [0.2, 0.25) is 5.02 Å². The van der Waals surface area contributed by atoms with Gasteiger partial charge in [-0.25, -0.2) is 4.98 Å². The second-order valence-electron chi connectivity index (χ2n) is 6.40. The number of carbonyl (C=O) groups excluding carboxylic acids is 1. The molecule has 3 rings (SSSR count). The van der Waals surface area contributed by atoms with Crippen LogP contribution in [0.25, 0.3) is 0 Å². The van der Waals surface area contributed by atoms with E-state index in [0.29, 0.717) is 5.02 Å². The zero-order valence-corrected chi connectivity index (χ0v) is 16.3. The van der Waals surface area contributed by atoms with Crippen molar-refractivity contribution in [1.29, 1.82) is 0 Å². The Hall–Kier alpha value is -1.72. The van der Waals surface area contributed by atoms with Gasteiger partial charge in [-0.2, -0.15) is 0 Å². The van der Waals surface area contributed by atoms with Gasteiger partial charge < -0.3 is 10.2 Å². The normalized spacial score (nSPS) is 15.0. The van der Waals surface area contributed by atoms with E-state index in [0.717, 1.165) is 50.5 Å². The number of carbonyl (C=O) groups is 1. The average molecular weight is 390 g/mol. The van der Waals surface area contributed by atoms with Gasteiger partial charge in [0, 0.05) is 36.6 Å². The summed E-state index contributed by atoms with van der Waals surface area (Å²) in [6, 6.07) is 14.2. The van der Waals surface area contributed by atoms with Crippen molar-refractivity contribution < 1.29 is 4.79 Å². The fraction of sp³-hybridized carbons (Fsp3) is 0.400. The number of hydrogen-bond acceptors (Lipinski definition) is 4. The van der Waals surface area contributed by atoms with Crippen molar-refractivity contribution in [3.05, 3.63) is 53.7 Å². The van der Waals surface area contributed by atoms with Crippen LogP contribution in [0.1, 0.15) is 19.3 Å². The molecule has 1 saturated heterocycles. The third-order valence-electron chi connectivity index (χ3n) is 4.53. The fourth-order valence-electron chi connectivity index (χ4n) is 3.06. The Morgan fingerprint density at radius 3 is 2.65 bits per heavy atom. The summed E-state index contributed by atoms with van der Waals surface area (Å²) in [6.07, 6.45) is 4.39. The molecule has 0 radical (unpaired) electrons. The molecule has 0 spiro atoms. The molecule has 1 aliphatic rings. The Labute approximate surface area is 164 Å². The first-order chi connectivity index (χ1) is 12.7. The van der Waals surface area contributed by atoms with E-state index >= 15 is 0 Å². The number of amides is 1. The predicted molar refractivity (Wildman–Crippen MR) is 109 cm³/mol. The maximum atomic E-state index is 12.3. The van der Waals surface area contributed by atoms with Gasteiger partial charge in [0.2, 0.25) is 5.91 Å². The fourth-order valence-corrected chi connectivity index (χ4v) is 4.05. The number of anilines is 1. The summed E-state index contributed by atoms with van der Waals surface area (Å²) >= 11 is 7.72. The number of pyridine rings is 1. The zero-order valence-electron chi connectivity index (χ0n) is 14.7. The van der Waals surface area contributed by atoms with Crippen LogP contribution in [0.5, 0.6) is 0 Å². The summed E-state index contributed by atoms with van der Waals surface area (Å²) < 4.78 is 0. The summed E-state index contributed by atoms with van der Waals surface area (Å²) in [5, 5.41) is 3.74. The second kappa shape index (κ2) is 9.83. The van der Waals surface area contributed by atoms with Gasteiger partial charge in [-0.1, -0.05) is 29.8 Å². The van der Waals surface area contributed by atoms with Gasteiger partial charge >= 0.3 is 0 Å². The molecule has 1 amide bonds. The zero-order chi connectivity index (χ0) is 18.2. The molecule has 1 fully saturated rings. The molecule has 1 N–H and O–H groups in total. The summed E-state index contributed by atoms with van der Waals surface area (Å²) in [5.41, 5.74) is 0. The molecule has 0 bridgehead atoms. The van der Waals surface area contributed by atoms with Crippen molar-refractivity contribution in [3.8, 4) is 0 Å². The van der Waals surface area contributed by atoms with Crippen molar-refractivity contribution >= 4 is 35.1 Å². The van der Waals surface area contributed by atoms with E-state index in [1.807, 2.05) is 30.0 Å². The highest BCUT2D eigenvalue weighted by Gasteiger charge is 2.25. The number of halogens is 1. The first-order valence-electron chi connectivity index (χ1n) is 9.04. The molecule has 0 unspecified atom stereocenters. The highest BCUT2D eigenvalue weighted by molar-refractivity contribution is 7.99. The van der Waals surface area contributed by atoms with E-state index in [1.54, 1.807) is 6.20 Å². The minimum atomic E-state index is 0.111. The van der Waals surface area contributed by atoms with Crippen LogP contribution in [0.3, 0.4) is 0 Å². The Morgan fingerprint density at radius 1 is 1.19 bits per heavy atom. The molecular weight excluding hydrogens is 366 g/mol. The van der Waals surface area contributed by atoms with E-state index in [9.17, 15) is 4.79 Å². The lowest BCUT2D eigenvalue weighted by Crippen LogP contribution is -2.41. The van der Waals surface area contributed by atoms with Crippen LogP contribution in [0.15, 0.2) is 53.6 Å².